The van der Waals surface area contributed by atoms with E-state index in [9.17, 15) is 23.9 Å². The van der Waals surface area contributed by atoms with Gasteiger partial charge in [0.1, 0.15) is 11.4 Å². The summed E-state index contributed by atoms with van der Waals surface area (Å²) in [6.07, 6.45) is 0.0673. The van der Waals surface area contributed by atoms with Crippen LogP contribution in [0.15, 0.2) is 58.1 Å². The minimum Gasteiger partial charge on any atom is -0.481 e. The highest BCUT2D eigenvalue weighted by molar-refractivity contribution is 6.39. The molecule has 1 aliphatic heterocycles. The van der Waals surface area contributed by atoms with Gasteiger partial charge in [-0.3, -0.25) is 24.2 Å². The van der Waals surface area contributed by atoms with Crippen LogP contribution in [-0.2, 0) is 18.3 Å². The van der Waals surface area contributed by atoms with E-state index in [1.807, 2.05) is 6.07 Å². The number of aliphatic hydroxyl groups is 1. The van der Waals surface area contributed by atoms with Crippen molar-refractivity contribution in [1.82, 2.24) is 20.1 Å². The second-order valence-electron chi connectivity index (χ2n) is 10.1. The molecule has 0 radical (unpaired) electrons. The quantitative estimate of drug-likeness (QED) is 0.227. The van der Waals surface area contributed by atoms with Gasteiger partial charge in [0.05, 0.1) is 41.2 Å². The summed E-state index contributed by atoms with van der Waals surface area (Å²) in [6, 6.07) is 11.6. The Bertz CT molecular complexity index is 1850. The number of aromatic amines is 1. The zero-order valence-electron chi connectivity index (χ0n) is 23.6. The van der Waals surface area contributed by atoms with Crippen LogP contribution in [0.4, 0.5) is 10.1 Å². The Morgan fingerprint density at radius 3 is 2.68 bits per heavy atom. The van der Waals surface area contributed by atoms with Gasteiger partial charge >= 0.3 is 0 Å². The molecule has 3 heterocycles. The summed E-state index contributed by atoms with van der Waals surface area (Å²) in [5.74, 6) is -1.31. The molecule has 0 saturated carbocycles. The van der Waals surface area contributed by atoms with E-state index in [1.54, 1.807) is 24.3 Å². The number of hydrogen-bond donors (Lipinski definition) is 4. The number of benzene rings is 2. The number of methoxy groups -OCH3 is 1. The predicted octanol–water partition coefficient (Wildman–Crippen LogP) is 3.75. The number of aliphatic hydroxyl groups excluding tert-OH is 1. The van der Waals surface area contributed by atoms with Crippen LogP contribution >= 0.6 is 23.2 Å². The lowest BCUT2D eigenvalue weighted by Gasteiger charge is -2.28. The summed E-state index contributed by atoms with van der Waals surface area (Å²) in [4.78, 5) is 41.7. The molecule has 1 unspecified atom stereocenters. The third kappa shape index (κ3) is 6.54. The molecule has 2 aromatic carbocycles. The van der Waals surface area contributed by atoms with Crippen LogP contribution in [-0.4, -0.2) is 58.2 Å². The fourth-order valence-corrected chi connectivity index (χ4v) is 5.50. The molecule has 230 valence electrons. The topological polar surface area (TPSA) is 148 Å². The normalized spacial score (nSPS) is 16.5. The van der Waals surface area contributed by atoms with E-state index in [-0.39, 0.29) is 33.9 Å². The number of nitrogens with one attached hydrogen (secondary N) is 3. The van der Waals surface area contributed by atoms with Crippen LogP contribution in [0.1, 0.15) is 22.3 Å². The number of carbonyl (C=O) groups excluding carboxylic acids is 1. The average Bonchev–Trinajstić information content (AvgIpc) is 3.00. The van der Waals surface area contributed by atoms with Gasteiger partial charge in [-0.05, 0) is 24.6 Å². The largest absolute Gasteiger partial charge is 0.481 e. The van der Waals surface area contributed by atoms with Gasteiger partial charge in [-0.1, -0.05) is 47.5 Å². The van der Waals surface area contributed by atoms with Gasteiger partial charge < -0.3 is 25.2 Å². The first kappa shape index (κ1) is 31.4. The van der Waals surface area contributed by atoms with Crippen molar-refractivity contribution in [2.75, 3.05) is 25.6 Å². The summed E-state index contributed by atoms with van der Waals surface area (Å²) >= 11 is 13.5. The van der Waals surface area contributed by atoms with Crippen LogP contribution in [0.5, 0.6) is 5.88 Å². The molecule has 1 fully saturated rings. The van der Waals surface area contributed by atoms with Gasteiger partial charge in [0.2, 0.25) is 5.88 Å². The van der Waals surface area contributed by atoms with Crippen molar-refractivity contribution < 1.29 is 23.8 Å². The maximum Gasteiger partial charge on any atom is 0.277 e. The summed E-state index contributed by atoms with van der Waals surface area (Å²) in [7, 11) is 2.79. The van der Waals surface area contributed by atoms with Gasteiger partial charge in [0, 0.05) is 54.6 Å². The number of ether oxygens (including phenoxy) is 2. The highest BCUT2D eigenvalue weighted by Crippen LogP contribution is 2.42. The first-order valence-corrected chi connectivity index (χ1v) is 14.3. The van der Waals surface area contributed by atoms with Crippen LogP contribution in [0.3, 0.4) is 0 Å². The number of amides is 1. The second kappa shape index (κ2) is 13.3. The number of rotatable bonds is 8. The molecule has 0 spiro atoms. The van der Waals surface area contributed by atoms with Gasteiger partial charge in [-0.15, -0.1) is 0 Å². The molecule has 1 saturated heterocycles. The van der Waals surface area contributed by atoms with Gasteiger partial charge in [0.25, 0.3) is 17.0 Å². The zero-order valence-corrected chi connectivity index (χ0v) is 25.1. The number of aromatic nitrogens is 3. The van der Waals surface area contributed by atoms with E-state index in [2.05, 4.69) is 20.7 Å². The van der Waals surface area contributed by atoms with Gasteiger partial charge in [0.15, 0.2) is 0 Å². The zero-order chi connectivity index (χ0) is 31.5. The Kier molecular flexibility index (Phi) is 9.47. The molecule has 0 bridgehead atoms. The molecule has 44 heavy (non-hydrogen) atoms. The van der Waals surface area contributed by atoms with E-state index in [0.29, 0.717) is 42.3 Å². The van der Waals surface area contributed by atoms with E-state index < -0.39 is 34.5 Å². The van der Waals surface area contributed by atoms with Crippen molar-refractivity contribution in [3.8, 4) is 28.3 Å². The Hall–Kier alpha value is -4.07. The molecule has 1 aliphatic rings. The Morgan fingerprint density at radius 2 is 1.93 bits per heavy atom. The van der Waals surface area contributed by atoms with Crippen LogP contribution < -0.4 is 26.5 Å². The third-order valence-corrected chi connectivity index (χ3v) is 8.01. The molecular weight excluding hydrogens is 616 g/mol. The van der Waals surface area contributed by atoms with Gasteiger partial charge in [-0.2, -0.15) is 0 Å². The van der Waals surface area contributed by atoms with Crippen molar-refractivity contribution in [1.29, 1.82) is 0 Å². The van der Waals surface area contributed by atoms with Crippen molar-refractivity contribution >= 4 is 34.8 Å². The maximum atomic E-state index is 14.9. The number of pyridine rings is 1. The van der Waals surface area contributed by atoms with E-state index in [1.165, 1.54) is 20.2 Å². The highest BCUT2D eigenvalue weighted by Gasteiger charge is 2.24. The molecule has 2 atom stereocenters. The summed E-state index contributed by atoms with van der Waals surface area (Å²) in [6.45, 7) is 1.25. The van der Waals surface area contributed by atoms with Crippen molar-refractivity contribution in [3.05, 3.63) is 96.2 Å². The fraction of sp³-hybridized carbons (Fsp3) is 0.267. The lowest BCUT2D eigenvalue weighted by molar-refractivity contribution is -0.0281. The van der Waals surface area contributed by atoms with Crippen molar-refractivity contribution in [2.45, 2.75) is 25.1 Å². The standard InChI is InChI=1S/C30H28Cl2FN5O6/c1-38-30(42)20(12-25(40)37-38)28(41)35-23-11-16(33)10-19(27(23)32)17-4-3-5-18(26(17)31)21-7-6-15(29(36-21)43-2)13-34-22-8-9-44-14-24(22)39/h3-7,10-12,22,24,34,39H,8-9,13-14H2,1-2H3,(H,35,41)(H,37,40)/t22?,24-/m0/s1. The summed E-state index contributed by atoms with van der Waals surface area (Å²) < 4.78 is 26.5. The minimum absolute atomic E-state index is 0.0391. The number of carbonyl (C=O) groups is 1. The molecular formula is C30H28Cl2FN5O6. The number of H-pyrrole nitrogens is 1. The third-order valence-electron chi connectivity index (χ3n) is 7.20. The fourth-order valence-electron chi connectivity index (χ4n) is 4.92. The first-order chi connectivity index (χ1) is 21.1. The average molecular weight is 644 g/mol. The Balaban J connectivity index is 1.45. The molecule has 4 N–H and O–H groups in total. The molecule has 1 amide bonds. The number of aryl methyl sites for hydroxylation is 1. The summed E-state index contributed by atoms with van der Waals surface area (Å²) in [5.41, 5.74) is 0.311. The molecule has 14 heteroatoms. The molecule has 5 rings (SSSR count). The number of anilines is 1. The Morgan fingerprint density at radius 1 is 1.16 bits per heavy atom. The number of hydrogen-bond acceptors (Lipinski definition) is 8. The monoisotopic (exact) mass is 643 g/mol. The lowest BCUT2D eigenvalue weighted by atomic mass is 10.00. The second-order valence-corrected chi connectivity index (χ2v) is 10.9. The van der Waals surface area contributed by atoms with Crippen molar-refractivity contribution in [2.24, 2.45) is 7.05 Å². The lowest BCUT2D eigenvalue weighted by Crippen LogP contribution is -2.46. The van der Waals surface area contributed by atoms with Crippen LogP contribution in [0.2, 0.25) is 10.0 Å². The van der Waals surface area contributed by atoms with E-state index >= 15 is 0 Å². The Labute approximate surface area is 260 Å². The summed E-state index contributed by atoms with van der Waals surface area (Å²) in [5, 5.41) is 18.3. The minimum atomic E-state index is -0.938. The van der Waals surface area contributed by atoms with Gasteiger partial charge in [-0.25, -0.2) is 9.37 Å². The molecule has 2 aromatic heterocycles. The van der Waals surface area contributed by atoms with Crippen molar-refractivity contribution in [3.63, 3.8) is 0 Å². The molecule has 4 aromatic rings. The van der Waals surface area contributed by atoms with Crippen LogP contribution in [0.25, 0.3) is 22.4 Å². The highest BCUT2D eigenvalue weighted by atomic mass is 35.5. The van der Waals surface area contributed by atoms with Crippen LogP contribution in [0, 0.1) is 5.82 Å². The SMILES string of the molecule is COc1nc(-c2cccc(-c3cc(F)cc(NC(=O)c4cc(=O)[nH]n(C)c4=O)c3Cl)c2Cl)ccc1CNC1CCOC[C@@H]1O. The maximum absolute atomic E-state index is 14.9. The predicted molar refractivity (Wildman–Crippen MR) is 164 cm³/mol. The smallest absolute Gasteiger partial charge is 0.277 e. The first-order valence-electron chi connectivity index (χ1n) is 13.5. The number of nitrogens with zero attached hydrogens (tertiary/aromatic N) is 2. The van der Waals surface area contributed by atoms with E-state index in [4.69, 9.17) is 32.7 Å². The number of halogens is 3. The molecule has 11 nitrogen and oxygen atoms in total. The molecule has 0 aliphatic carbocycles. The van der Waals surface area contributed by atoms with E-state index in [0.717, 1.165) is 22.4 Å².